The summed E-state index contributed by atoms with van der Waals surface area (Å²) >= 11 is 0. The smallest absolute Gasteiger partial charge is 0.411 e. The van der Waals surface area contributed by atoms with Crippen LogP contribution < -0.4 is 14.2 Å². The van der Waals surface area contributed by atoms with Crippen LogP contribution in [0.5, 0.6) is 23.0 Å². The van der Waals surface area contributed by atoms with E-state index in [1.54, 1.807) is 0 Å². The molecule has 4 aromatic carbocycles. The van der Waals surface area contributed by atoms with Gasteiger partial charge in [-0.2, -0.15) is 108 Å². The molecule has 74 heavy (non-hydrogen) atoms. The average molecular weight is 1180 g/mol. The second kappa shape index (κ2) is 16.2. The van der Waals surface area contributed by atoms with Crippen molar-refractivity contribution in [3.63, 3.8) is 0 Å². The maximum atomic E-state index is 16.5. The van der Waals surface area contributed by atoms with Crippen molar-refractivity contribution in [1.29, 1.82) is 0 Å². The number of hydrogen-bond donors (Lipinski definition) is 5. The van der Waals surface area contributed by atoms with Crippen molar-refractivity contribution in [2.24, 2.45) is 0 Å². The van der Waals surface area contributed by atoms with E-state index in [4.69, 9.17) is 0 Å². The molecular weight excluding hydrogens is 1160 g/mol. The molecule has 0 aliphatic heterocycles. The number of phenols is 1. The van der Waals surface area contributed by atoms with Crippen LogP contribution in [0.4, 0.5) is 79.0 Å². The molecule has 410 valence electrons. The molecule has 2 aliphatic carbocycles. The normalized spacial score (nSPS) is 25.8. The molecule has 0 saturated heterocycles. The fraction of sp³-hybridized carbons (Fsp3) is 0.333. The largest absolute Gasteiger partial charge is 0.506 e. The summed E-state index contributed by atoms with van der Waals surface area (Å²) in [5.41, 5.74) is -17.8. The Morgan fingerprint density at radius 2 is 0.689 bits per heavy atom. The summed E-state index contributed by atoms with van der Waals surface area (Å²) in [6.07, 6.45) is -13.9. The highest BCUT2D eigenvalue weighted by Crippen LogP contribution is 2.70. The third-order valence-electron chi connectivity index (χ3n) is 11.3. The number of aromatic hydroxyl groups is 1. The second-order valence-electron chi connectivity index (χ2n) is 15.7. The van der Waals surface area contributed by atoms with Crippen LogP contribution in [0, 0.1) is 0 Å². The van der Waals surface area contributed by atoms with Gasteiger partial charge in [0.05, 0.1) is 0 Å². The highest BCUT2D eigenvalue weighted by atomic mass is 32.2. The Bertz CT molecular complexity index is 3450. The van der Waals surface area contributed by atoms with Gasteiger partial charge in [0.25, 0.3) is 46.1 Å². The van der Waals surface area contributed by atoms with E-state index < -0.39 is 201 Å². The number of ether oxygens (including phenoxy) is 3. The van der Waals surface area contributed by atoms with Gasteiger partial charge in [0.1, 0.15) is 42.6 Å². The standard InChI is InChI=1S/C36H20F18O16S4/c1-26(37)28(38,39)29(40,41)32(26,46)68-19-7-2-14(10-23(19)72(59,60)61)15-3-8-20(24(11-15)73(62,63)64)69-33(47)30(42,43)31(44,45)34(33,48)70-21-9-5-17(13-25(21)74(65,66)67)27(35(49,50)51,36(52,53)54)16-4-6-18(55)22(12-16)71(56,57)58/h2-13,55H,1H3,(H,56,57,58)(H,59,60,61)(H,62,63,64)(H,65,66,67). The third kappa shape index (κ3) is 7.77. The van der Waals surface area contributed by atoms with E-state index in [9.17, 15) is 105 Å². The molecule has 4 aromatic rings. The van der Waals surface area contributed by atoms with Crippen molar-refractivity contribution in [3.8, 4) is 34.1 Å². The van der Waals surface area contributed by atoms with Crippen LogP contribution in [-0.4, -0.2) is 116 Å². The number of hydrogen-bond acceptors (Lipinski definition) is 12. The predicted octanol–water partition coefficient (Wildman–Crippen LogP) is 8.59. The minimum absolute atomic E-state index is 0.00507. The maximum absolute atomic E-state index is 16.5. The van der Waals surface area contributed by atoms with Gasteiger partial charge in [-0.1, -0.05) is 24.3 Å². The number of benzene rings is 4. The minimum atomic E-state index is -6.93. The van der Waals surface area contributed by atoms with Crippen LogP contribution in [0.15, 0.2) is 92.4 Å². The van der Waals surface area contributed by atoms with Crippen molar-refractivity contribution >= 4 is 40.5 Å². The first-order valence-corrected chi connectivity index (χ1v) is 24.2. The van der Waals surface area contributed by atoms with Gasteiger partial charge in [0.15, 0.2) is 0 Å². The first kappa shape index (κ1) is 57.7. The zero-order chi connectivity index (χ0) is 57.0. The number of rotatable bonds is 13. The molecule has 5 N–H and O–H groups in total. The van der Waals surface area contributed by atoms with Gasteiger partial charge in [-0.05, 0) is 77.7 Å². The van der Waals surface area contributed by atoms with Crippen LogP contribution in [0.25, 0.3) is 11.1 Å². The Kier molecular flexibility index (Phi) is 12.7. The Hall–Kier alpha value is -5.54. The van der Waals surface area contributed by atoms with Crippen molar-refractivity contribution < 1.29 is 150 Å². The highest BCUT2D eigenvalue weighted by molar-refractivity contribution is 7.86. The molecule has 16 nitrogen and oxygen atoms in total. The SMILES string of the molecule is CC1(F)C(F)(F)C(F)(F)C1(F)Oc1ccc(-c2ccc(OC3(F)C(F)(F)C(F)(F)C3(F)Oc3ccc(C(c4ccc(O)c(S(=O)(=O)O)c4)(C(F)(F)F)C(F)(F)F)cc3S(=O)(=O)O)c(S(=O)(=O)O)c2)cc1S(=O)(=O)O. The lowest BCUT2D eigenvalue weighted by atomic mass is 9.69. The summed E-state index contributed by atoms with van der Waals surface area (Å²) in [4.78, 5) is -8.99. The van der Waals surface area contributed by atoms with Crippen LogP contribution in [0.2, 0.25) is 0 Å². The lowest BCUT2D eigenvalue weighted by molar-refractivity contribution is -0.527. The molecule has 2 aliphatic rings. The van der Waals surface area contributed by atoms with E-state index in [1.165, 1.54) is 0 Å². The molecule has 4 atom stereocenters. The quantitative estimate of drug-likeness (QED) is 0.0620. The van der Waals surface area contributed by atoms with Gasteiger partial charge in [-0.15, -0.1) is 0 Å². The second-order valence-corrected chi connectivity index (χ2v) is 21.3. The molecular formula is C36H20F18O16S4. The summed E-state index contributed by atoms with van der Waals surface area (Å²) in [6.45, 7) is -0.454. The number of phenolic OH excluding ortho intramolecular Hbond substituents is 1. The average Bonchev–Trinajstić information content (AvgIpc) is 3.21. The van der Waals surface area contributed by atoms with E-state index in [1.807, 2.05) is 0 Å². The Labute approximate surface area is 399 Å². The van der Waals surface area contributed by atoms with E-state index in [-0.39, 0.29) is 42.5 Å². The molecule has 38 heteroatoms. The zero-order valence-corrected chi connectivity index (χ0v) is 37.9. The van der Waals surface area contributed by atoms with Gasteiger partial charge in [0.2, 0.25) is 5.41 Å². The van der Waals surface area contributed by atoms with Gasteiger partial charge in [-0.3, -0.25) is 18.2 Å². The van der Waals surface area contributed by atoms with Crippen molar-refractivity contribution in [2.75, 3.05) is 0 Å². The molecule has 0 bridgehead atoms. The zero-order valence-electron chi connectivity index (χ0n) is 34.6. The van der Waals surface area contributed by atoms with Crippen LogP contribution in [-0.2, 0) is 45.9 Å². The van der Waals surface area contributed by atoms with Gasteiger partial charge in [0, 0.05) is 0 Å². The number of halogens is 18. The Morgan fingerprint density at radius 1 is 0.405 bits per heavy atom. The summed E-state index contributed by atoms with van der Waals surface area (Å²) in [6, 6.07) is -3.57. The molecule has 0 amide bonds. The molecule has 2 saturated carbocycles. The van der Waals surface area contributed by atoms with Crippen molar-refractivity contribution in [3.05, 3.63) is 83.9 Å². The van der Waals surface area contributed by atoms with Gasteiger partial charge in [-0.25, -0.2) is 4.39 Å². The van der Waals surface area contributed by atoms with Crippen LogP contribution in [0.3, 0.4) is 0 Å². The topological polar surface area (TPSA) is 265 Å². The van der Waals surface area contributed by atoms with Crippen LogP contribution >= 0.6 is 0 Å². The predicted molar refractivity (Wildman–Crippen MR) is 201 cm³/mol. The highest BCUT2D eigenvalue weighted by Gasteiger charge is 3.04. The lowest BCUT2D eigenvalue weighted by Crippen LogP contribution is -2.89. The molecule has 6 rings (SSSR count). The molecule has 0 spiro atoms. The Morgan fingerprint density at radius 3 is 1.01 bits per heavy atom. The fourth-order valence-corrected chi connectivity index (χ4v) is 9.99. The summed E-state index contributed by atoms with van der Waals surface area (Å²) in [7, 11) is -24.9. The minimum Gasteiger partial charge on any atom is -0.506 e. The molecule has 4 unspecified atom stereocenters. The van der Waals surface area contributed by atoms with Gasteiger partial charge < -0.3 is 19.3 Å². The van der Waals surface area contributed by atoms with E-state index in [2.05, 4.69) is 14.2 Å². The lowest BCUT2D eigenvalue weighted by Gasteiger charge is -2.55. The summed E-state index contributed by atoms with van der Waals surface area (Å²) in [5.74, 6) is -52.2. The molecule has 0 radical (unpaired) electrons. The maximum Gasteiger partial charge on any atom is 0.411 e. The van der Waals surface area contributed by atoms with Crippen molar-refractivity contribution in [2.45, 2.75) is 91.2 Å². The van der Waals surface area contributed by atoms with E-state index >= 15 is 30.7 Å². The van der Waals surface area contributed by atoms with Gasteiger partial charge >= 0.3 is 53.6 Å². The molecule has 0 heterocycles. The van der Waals surface area contributed by atoms with E-state index in [0.29, 0.717) is 6.07 Å². The molecule has 2 fully saturated rings. The summed E-state index contributed by atoms with van der Waals surface area (Å²) in [5, 5.41) is 9.73. The fourth-order valence-electron chi connectivity index (χ4n) is 7.46. The first-order valence-electron chi connectivity index (χ1n) is 18.4. The number of alkyl halides is 18. The van der Waals surface area contributed by atoms with Crippen LogP contribution in [0.1, 0.15) is 18.1 Å². The first-order chi connectivity index (χ1) is 32.8. The monoisotopic (exact) mass is 1180 g/mol. The third-order valence-corrected chi connectivity index (χ3v) is 14.8. The molecule has 0 aromatic heterocycles. The van der Waals surface area contributed by atoms with E-state index in [0.717, 1.165) is 0 Å². The Balaban J connectivity index is 1.48. The summed E-state index contributed by atoms with van der Waals surface area (Å²) < 4.78 is 416. The van der Waals surface area contributed by atoms with Crippen molar-refractivity contribution in [1.82, 2.24) is 0 Å².